The van der Waals surface area contributed by atoms with Crippen LogP contribution >= 0.6 is 11.6 Å². The zero-order valence-electron chi connectivity index (χ0n) is 12.4. The number of ether oxygens (including phenoxy) is 1. The summed E-state index contributed by atoms with van der Waals surface area (Å²) in [5.74, 6) is -0.616. The van der Waals surface area contributed by atoms with Gasteiger partial charge in [0, 0.05) is 18.9 Å². The normalized spacial score (nSPS) is 18.7. The van der Waals surface area contributed by atoms with Crippen molar-refractivity contribution >= 4 is 23.5 Å². The number of amides is 1. The zero-order chi connectivity index (χ0) is 15.6. The van der Waals surface area contributed by atoms with E-state index in [9.17, 15) is 9.59 Å². The summed E-state index contributed by atoms with van der Waals surface area (Å²) < 4.78 is 5.39. The number of pyridine rings is 1. The molecular formula is C15H19ClN2O3. The van der Waals surface area contributed by atoms with E-state index >= 15 is 0 Å². The van der Waals surface area contributed by atoms with Gasteiger partial charge in [-0.2, -0.15) is 0 Å². The van der Waals surface area contributed by atoms with Gasteiger partial charge in [-0.15, -0.1) is 0 Å². The van der Waals surface area contributed by atoms with E-state index in [1.165, 1.54) is 17.3 Å². The predicted molar refractivity (Wildman–Crippen MR) is 79.2 cm³/mol. The van der Waals surface area contributed by atoms with Gasteiger partial charge in [0.25, 0.3) is 5.91 Å². The van der Waals surface area contributed by atoms with E-state index in [1.807, 2.05) is 20.8 Å². The second-order valence-corrected chi connectivity index (χ2v) is 6.45. The summed E-state index contributed by atoms with van der Waals surface area (Å²) in [4.78, 5) is 30.2. The van der Waals surface area contributed by atoms with Gasteiger partial charge < -0.3 is 9.64 Å². The monoisotopic (exact) mass is 310 g/mol. The molecule has 6 heteroatoms. The molecule has 0 unspecified atom stereocenters. The Morgan fingerprint density at radius 2 is 2.14 bits per heavy atom. The Kier molecular flexibility index (Phi) is 4.52. The van der Waals surface area contributed by atoms with Crippen molar-refractivity contribution in [1.82, 2.24) is 9.88 Å². The van der Waals surface area contributed by atoms with Crippen LogP contribution in [0.15, 0.2) is 18.5 Å². The van der Waals surface area contributed by atoms with Crippen LogP contribution < -0.4 is 0 Å². The van der Waals surface area contributed by atoms with Crippen LogP contribution in [0.2, 0.25) is 5.02 Å². The molecule has 1 amide bonds. The van der Waals surface area contributed by atoms with Crippen molar-refractivity contribution < 1.29 is 14.3 Å². The average Bonchev–Trinajstić information content (AvgIpc) is 2.85. The van der Waals surface area contributed by atoms with Crippen LogP contribution in [0.3, 0.4) is 0 Å². The van der Waals surface area contributed by atoms with Gasteiger partial charge in [0.05, 0.1) is 10.6 Å². The summed E-state index contributed by atoms with van der Waals surface area (Å²) in [6.45, 7) is 5.96. The van der Waals surface area contributed by atoms with E-state index in [0.29, 0.717) is 18.5 Å². The molecule has 2 rings (SSSR count). The highest BCUT2D eigenvalue weighted by Gasteiger charge is 2.37. The summed E-state index contributed by atoms with van der Waals surface area (Å²) in [7, 11) is 0. The highest BCUT2D eigenvalue weighted by Crippen LogP contribution is 2.25. The van der Waals surface area contributed by atoms with E-state index in [-0.39, 0.29) is 16.9 Å². The first-order chi connectivity index (χ1) is 9.79. The van der Waals surface area contributed by atoms with Gasteiger partial charge in [-0.3, -0.25) is 9.78 Å². The van der Waals surface area contributed by atoms with E-state index in [0.717, 1.165) is 6.42 Å². The molecule has 0 radical (unpaired) electrons. The minimum Gasteiger partial charge on any atom is -0.458 e. The molecule has 1 aliphatic heterocycles. The number of esters is 1. The fourth-order valence-electron chi connectivity index (χ4n) is 2.33. The number of nitrogens with zero attached hydrogens (tertiary/aromatic N) is 2. The Hall–Kier alpha value is -1.62. The number of carbonyl (C=O) groups is 2. The topological polar surface area (TPSA) is 59.5 Å². The van der Waals surface area contributed by atoms with E-state index in [1.54, 1.807) is 6.07 Å². The van der Waals surface area contributed by atoms with Crippen LogP contribution in [0.25, 0.3) is 0 Å². The maximum atomic E-state index is 12.6. The Morgan fingerprint density at radius 1 is 1.43 bits per heavy atom. The van der Waals surface area contributed by atoms with Gasteiger partial charge in [0.15, 0.2) is 0 Å². The number of hydrogen-bond donors (Lipinski definition) is 0. The molecule has 21 heavy (non-hydrogen) atoms. The first-order valence-corrected chi connectivity index (χ1v) is 7.31. The fraction of sp³-hybridized carbons (Fsp3) is 0.533. The standard InChI is InChI=1S/C15H19ClN2O3/c1-15(2,3)21-14(20)12-5-4-8-18(12)13(19)10-6-7-17-9-11(10)16/h6-7,9,12H,4-5,8H2,1-3H3/t12-/m1/s1. The number of hydrogen-bond acceptors (Lipinski definition) is 4. The van der Waals surface area contributed by atoms with Crippen molar-refractivity contribution in [2.45, 2.75) is 45.3 Å². The first kappa shape index (κ1) is 15.8. The third-order valence-corrected chi connectivity index (χ3v) is 3.50. The second-order valence-electron chi connectivity index (χ2n) is 6.05. The molecule has 1 aliphatic rings. The molecule has 0 saturated carbocycles. The van der Waals surface area contributed by atoms with Gasteiger partial charge in [-0.05, 0) is 39.7 Å². The van der Waals surface area contributed by atoms with Crippen molar-refractivity contribution in [3.8, 4) is 0 Å². The quantitative estimate of drug-likeness (QED) is 0.788. The van der Waals surface area contributed by atoms with Gasteiger partial charge >= 0.3 is 5.97 Å². The molecule has 1 atom stereocenters. The summed E-state index contributed by atoms with van der Waals surface area (Å²) >= 11 is 6.01. The van der Waals surface area contributed by atoms with Gasteiger partial charge in [-0.25, -0.2) is 4.79 Å². The molecule has 5 nitrogen and oxygen atoms in total. The third-order valence-electron chi connectivity index (χ3n) is 3.20. The van der Waals surface area contributed by atoms with Gasteiger partial charge in [0.1, 0.15) is 11.6 Å². The number of halogens is 1. The first-order valence-electron chi connectivity index (χ1n) is 6.93. The van der Waals surface area contributed by atoms with Crippen LogP contribution in [0.4, 0.5) is 0 Å². The van der Waals surface area contributed by atoms with Crippen LogP contribution in [0, 0.1) is 0 Å². The molecule has 114 valence electrons. The SMILES string of the molecule is CC(C)(C)OC(=O)[C@H]1CCCN1C(=O)c1ccncc1Cl. The van der Waals surface area contributed by atoms with Crippen LogP contribution in [0.1, 0.15) is 44.0 Å². The summed E-state index contributed by atoms with van der Waals surface area (Å²) in [5.41, 5.74) is -0.204. The second kappa shape index (κ2) is 6.02. The third kappa shape index (κ3) is 3.73. The zero-order valence-corrected chi connectivity index (χ0v) is 13.2. The van der Waals surface area contributed by atoms with Crippen LogP contribution in [-0.4, -0.2) is 39.9 Å². The highest BCUT2D eigenvalue weighted by atomic mass is 35.5. The minimum absolute atomic E-state index is 0.254. The molecule has 1 aromatic rings. The lowest BCUT2D eigenvalue weighted by Crippen LogP contribution is -2.43. The molecule has 0 spiro atoms. The lowest BCUT2D eigenvalue weighted by molar-refractivity contribution is -0.159. The van der Waals surface area contributed by atoms with Crippen molar-refractivity contribution in [2.75, 3.05) is 6.54 Å². The molecule has 0 aliphatic carbocycles. The Morgan fingerprint density at radius 3 is 2.76 bits per heavy atom. The maximum Gasteiger partial charge on any atom is 0.329 e. The van der Waals surface area contributed by atoms with E-state index < -0.39 is 11.6 Å². The summed E-state index contributed by atoms with van der Waals surface area (Å²) in [6.07, 6.45) is 4.33. The minimum atomic E-state index is -0.567. The molecular weight excluding hydrogens is 292 g/mol. The summed E-state index contributed by atoms with van der Waals surface area (Å²) in [6, 6.07) is 1.02. The van der Waals surface area contributed by atoms with Crippen molar-refractivity contribution in [1.29, 1.82) is 0 Å². The average molecular weight is 311 g/mol. The molecule has 0 aromatic carbocycles. The number of aromatic nitrogens is 1. The molecule has 0 bridgehead atoms. The number of likely N-dealkylation sites (tertiary alicyclic amines) is 1. The van der Waals surface area contributed by atoms with Crippen molar-refractivity contribution in [3.63, 3.8) is 0 Å². The Bertz CT molecular complexity index is 554. The number of carbonyl (C=O) groups excluding carboxylic acids is 2. The van der Waals surface area contributed by atoms with Gasteiger partial charge in [-0.1, -0.05) is 11.6 Å². The van der Waals surface area contributed by atoms with Crippen molar-refractivity contribution in [2.24, 2.45) is 0 Å². The smallest absolute Gasteiger partial charge is 0.329 e. The van der Waals surface area contributed by atoms with Crippen LogP contribution in [0.5, 0.6) is 0 Å². The maximum absolute atomic E-state index is 12.6. The molecule has 1 aromatic heterocycles. The van der Waals surface area contributed by atoms with Crippen molar-refractivity contribution in [3.05, 3.63) is 29.0 Å². The van der Waals surface area contributed by atoms with Crippen LogP contribution in [-0.2, 0) is 9.53 Å². The fourth-order valence-corrected chi connectivity index (χ4v) is 2.53. The molecule has 1 saturated heterocycles. The number of rotatable bonds is 2. The largest absolute Gasteiger partial charge is 0.458 e. The Balaban J connectivity index is 2.17. The predicted octanol–water partition coefficient (Wildman–Crippen LogP) is 2.68. The molecule has 2 heterocycles. The molecule has 0 N–H and O–H groups in total. The van der Waals surface area contributed by atoms with Gasteiger partial charge in [0.2, 0.25) is 0 Å². The van der Waals surface area contributed by atoms with E-state index in [2.05, 4.69) is 4.98 Å². The lowest BCUT2D eigenvalue weighted by Gasteiger charge is -2.27. The highest BCUT2D eigenvalue weighted by molar-refractivity contribution is 6.33. The summed E-state index contributed by atoms with van der Waals surface area (Å²) in [5, 5.41) is 0.289. The lowest BCUT2D eigenvalue weighted by atomic mass is 10.1. The molecule has 1 fully saturated rings. The Labute approximate surface area is 129 Å². The van der Waals surface area contributed by atoms with E-state index in [4.69, 9.17) is 16.3 Å².